The van der Waals surface area contributed by atoms with Gasteiger partial charge in [0.1, 0.15) is 0 Å². The van der Waals surface area contributed by atoms with Gasteiger partial charge >= 0.3 is 0 Å². The largest absolute Gasteiger partial charge is 0.323 e. The van der Waals surface area contributed by atoms with Crippen LogP contribution in [0.1, 0.15) is 278 Å². The molecule has 0 spiro atoms. The Morgan fingerprint density at radius 1 is 0.338 bits per heavy atom. The van der Waals surface area contributed by atoms with E-state index in [9.17, 15) is 0 Å². The number of aryl methyl sites for hydroxylation is 7. The molecule has 6 aromatic rings. The van der Waals surface area contributed by atoms with Gasteiger partial charge in [0.2, 0.25) is 0 Å². The third kappa shape index (κ3) is 23.8. The Kier molecular flexibility index (Phi) is 50.1. The molecule has 0 saturated carbocycles. The normalized spacial score (nSPS) is 11.5. The van der Waals surface area contributed by atoms with Crippen LogP contribution in [0.2, 0.25) is 0 Å². The Morgan fingerprint density at radius 3 is 1.19 bits per heavy atom. The number of pyridine rings is 4. The third-order valence-electron chi connectivity index (χ3n) is 13.4. The number of aromatic nitrogens is 4. The minimum atomic E-state index is 1.04. The van der Waals surface area contributed by atoms with Gasteiger partial charge in [-0.3, -0.25) is 15.0 Å². The molecule has 1 aromatic carbocycles. The lowest BCUT2D eigenvalue weighted by molar-refractivity contribution is 1.07. The van der Waals surface area contributed by atoms with E-state index in [2.05, 4.69) is 178 Å². The van der Waals surface area contributed by atoms with Gasteiger partial charge in [-0.15, -0.1) is 0 Å². The first kappa shape index (κ1) is 83.2. The van der Waals surface area contributed by atoms with Gasteiger partial charge in [-0.25, -0.2) is 0 Å². The molecule has 0 radical (unpaired) electrons. The number of hydrogen-bond donors (Lipinski definition) is 0. The van der Waals surface area contributed by atoms with E-state index in [1.54, 1.807) is 0 Å². The van der Waals surface area contributed by atoms with E-state index in [1.165, 1.54) is 134 Å². The maximum absolute atomic E-state index is 4.38. The van der Waals surface area contributed by atoms with Crippen LogP contribution in [-0.4, -0.2) is 19.4 Å². The molecule has 80 heavy (non-hydrogen) atoms. The summed E-state index contributed by atoms with van der Waals surface area (Å²) in [5, 5.41) is 0. The molecule has 0 aliphatic heterocycles. The molecule has 0 bridgehead atoms. The standard InChI is InChI=1S/C12H14.4C11H13N.10C2H6/c1-8-5-4-6-11-7-9(2)10(3)12(8)11;1-7-4-10-6-12-5-8(2)11(10)9(7)3;1-7-6-10-4-5-12-9(3)11(10)8(7)2;1-7-4-5-12-10-6-8(2)9(3)11(7)10;1-8-5-4-6-12-7-9(2)10(3)11(8)12;10*1-2/h4-6H,7H2,1-3H3;5-6H,4H2,1-3H3;2*4-5H,6H2,1-3H3;4-7H,1-3H3;10*1-2H3. The minimum Gasteiger partial charge on any atom is -0.323 e. The van der Waals surface area contributed by atoms with Gasteiger partial charge in [-0.1, -0.05) is 185 Å². The number of nitrogens with zero attached hydrogens (tertiary/aromatic N) is 4. The Labute approximate surface area is 498 Å². The fourth-order valence-corrected chi connectivity index (χ4v) is 9.46. The van der Waals surface area contributed by atoms with Crippen LogP contribution in [0.15, 0.2) is 102 Å². The van der Waals surface area contributed by atoms with Crippen LogP contribution in [0.3, 0.4) is 0 Å². The van der Waals surface area contributed by atoms with Gasteiger partial charge in [0.05, 0.1) is 11.2 Å². The predicted octanol–water partition coefficient (Wildman–Crippen LogP) is 24.7. The maximum atomic E-state index is 4.38. The molecule has 5 aromatic heterocycles. The van der Waals surface area contributed by atoms with Crippen LogP contribution in [0, 0.1) is 48.5 Å². The Morgan fingerprint density at radius 2 is 0.738 bits per heavy atom. The van der Waals surface area contributed by atoms with Gasteiger partial charge in [0, 0.05) is 60.4 Å². The Hall–Kier alpha value is -5.61. The second kappa shape index (κ2) is 48.1. The molecular formula is C76H126N4. The molecule has 0 saturated heterocycles. The molecule has 0 atom stereocenters. The number of rotatable bonds is 0. The Balaban J connectivity index is -0.000000271. The zero-order valence-electron chi connectivity index (χ0n) is 59.1. The summed E-state index contributed by atoms with van der Waals surface area (Å²) in [4.78, 5) is 12.9. The molecular weight excluding hydrogens is 969 g/mol. The van der Waals surface area contributed by atoms with Crippen molar-refractivity contribution in [3.63, 3.8) is 0 Å². The summed E-state index contributed by atoms with van der Waals surface area (Å²) in [6.45, 7) is 72.7. The van der Waals surface area contributed by atoms with Gasteiger partial charge in [0.15, 0.2) is 0 Å². The van der Waals surface area contributed by atoms with E-state index in [1.807, 2.05) is 163 Å². The molecule has 0 fully saturated rings. The highest BCUT2D eigenvalue weighted by Gasteiger charge is 2.20. The number of hydrogen-bond acceptors (Lipinski definition) is 3. The molecule has 0 N–H and O–H groups in total. The van der Waals surface area contributed by atoms with Crippen molar-refractivity contribution >= 4 is 27.8 Å². The molecule has 4 heteroatoms. The van der Waals surface area contributed by atoms with Gasteiger partial charge in [-0.2, -0.15) is 0 Å². The van der Waals surface area contributed by atoms with E-state index >= 15 is 0 Å². The summed E-state index contributed by atoms with van der Waals surface area (Å²) >= 11 is 0. The zero-order valence-corrected chi connectivity index (χ0v) is 59.1. The van der Waals surface area contributed by atoms with Crippen molar-refractivity contribution in [2.24, 2.45) is 0 Å². The van der Waals surface area contributed by atoms with Gasteiger partial charge in [0.25, 0.3) is 0 Å². The lowest BCUT2D eigenvalue weighted by atomic mass is 10.0. The summed E-state index contributed by atoms with van der Waals surface area (Å²) in [5.74, 6) is 0. The average Bonchev–Trinajstić information content (AvgIpc) is 4.26. The van der Waals surface area contributed by atoms with Crippen LogP contribution in [0.5, 0.6) is 0 Å². The fraction of sp³-hybridized carbons (Fsp3) is 0.513. The molecule has 0 unspecified atom stereocenters. The van der Waals surface area contributed by atoms with Gasteiger partial charge < -0.3 is 4.40 Å². The quantitative estimate of drug-likeness (QED) is 0.152. The highest BCUT2D eigenvalue weighted by atomic mass is 14.9. The first-order chi connectivity index (χ1) is 38.5. The molecule has 4 nitrogen and oxygen atoms in total. The first-order valence-corrected chi connectivity index (χ1v) is 31.6. The molecule has 4 aliphatic rings. The summed E-state index contributed by atoms with van der Waals surface area (Å²) < 4.78 is 2.19. The van der Waals surface area contributed by atoms with Crippen LogP contribution < -0.4 is 0 Å². The average molecular weight is 1100 g/mol. The zero-order chi connectivity index (χ0) is 63.6. The van der Waals surface area contributed by atoms with Crippen LogP contribution in [0.4, 0.5) is 0 Å². The highest BCUT2D eigenvalue weighted by molar-refractivity contribution is 5.78. The van der Waals surface area contributed by atoms with Crippen LogP contribution >= 0.6 is 0 Å². The van der Waals surface area contributed by atoms with E-state index in [0.717, 1.165) is 25.7 Å². The van der Waals surface area contributed by atoms with Crippen LogP contribution in [-0.2, 0) is 25.7 Å². The molecule has 450 valence electrons. The van der Waals surface area contributed by atoms with E-state index in [-0.39, 0.29) is 0 Å². The van der Waals surface area contributed by atoms with E-state index in [4.69, 9.17) is 0 Å². The maximum Gasteiger partial charge on any atom is 0.0521 e. The summed E-state index contributed by atoms with van der Waals surface area (Å²) in [6, 6.07) is 15.0. The van der Waals surface area contributed by atoms with E-state index in [0.29, 0.717) is 0 Å². The lowest BCUT2D eigenvalue weighted by Crippen LogP contribution is -1.91. The molecule has 10 rings (SSSR count). The van der Waals surface area contributed by atoms with Crippen molar-refractivity contribution < 1.29 is 0 Å². The lowest BCUT2D eigenvalue weighted by Gasteiger charge is -2.04. The van der Waals surface area contributed by atoms with Crippen LogP contribution in [0.25, 0.3) is 27.8 Å². The monoisotopic (exact) mass is 1090 g/mol. The number of benzene rings is 1. The molecule has 5 heterocycles. The topological polar surface area (TPSA) is 43.1 Å². The third-order valence-corrected chi connectivity index (χ3v) is 13.4. The van der Waals surface area contributed by atoms with Crippen molar-refractivity contribution in [2.45, 2.75) is 268 Å². The number of allylic oxidation sites excluding steroid dienone is 8. The van der Waals surface area contributed by atoms with Crippen molar-refractivity contribution in [2.75, 3.05) is 0 Å². The fourth-order valence-electron chi connectivity index (χ4n) is 9.46. The highest BCUT2D eigenvalue weighted by Crippen LogP contribution is 2.36. The summed E-state index contributed by atoms with van der Waals surface area (Å²) in [5.41, 5.74) is 33.8. The van der Waals surface area contributed by atoms with E-state index < -0.39 is 0 Å². The second-order valence-corrected chi connectivity index (χ2v) is 17.7. The first-order valence-electron chi connectivity index (χ1n) is 31.6. The SMILES string of the molecule is CC.CC.CC.CC.CC.CC.CC.CC.CC.CC.CC1=C(C)c2c(C)cccc2C1.CC1=C(C)c2c(C)ccnc2C1.CC1=C(C)c2c(C)cncc2C1.CC1=C(C)c2c(ccnc2C)C1.Cc1cn2cccc(C)c2c1C. The summed E-state index contributed by atoms with van der Waals surface area (Å²) in [7, 11) is 0. The number of fused-ring (bicyclic) bond motifs is 5. The minimum absolute atomic E-state index is 1.04. The van der Waals surface area contributed by atoms with Crippen molar-refractivity contribution in [1.82, 2.24) is 19.4 Å². The molecule has 0 amide bonds. The van der Waals surface area contributed by atoms with Crippen molar-refractivity contribution in [3.8, 4) is 0 Å². The summed E-state index contributed by atoms with van der Waals surface area (Å²) in [6.07, 6.45) is 16.4. The van der Waals surface area contributed by atoms with Gasteiger partial charge in [-0.05, 0) is 225 Å². The second-order valence-electron chi connectivity index (χ2n) is 17.7. The van der Waals surface area contributed by atoms with Crippen molar-refractivity contribution in [3.05, 3.63) is 186 Å². The predicted molar refractivity (Wildman–Crippen MR) is 371 cm³/mol. The molecule has 4 aliphatic carbocycles. The Bertz CT molecular complexity index is 2450. The van der Waals surface area contributed by atoms with Crippen molar-refractivity contribution in [1.29, 1.82) is 0 Å². The smallest absolute Gasteiger partial charge is 0.0521 e.